The van der Waals surface area contributed by atoms with E-state index in [4.69, 9.17) is 4.42 Å². The molecule has 1 aromatic heterocycles. The van der Waals surface area contributed by atoms with Crippen molar-refractivity contribution in [3.63, 3.8) is 0 Å². The maximum absolute atomic E-state index is 5.71. The quantitative estimate of drug-likeness (QED) is 0.489. The lowest BCUT2D eigenvalue weighted by molar-refractivity contribution is 0.190. The lowest BCUT2D eigenvalue weighted by Gasteiger charge is -2.33. The summed E-state index contributed by atoms with van der Waals surface area (Å²) in [6.45, 7) is 10.4. The lowest BCUT2D eigenvalue weighted by atomic mass is 10.0. The summed E-state index contributed by atoms with van der Waals surface area (Å²) in [4.78, 5) is 9.41. The highest BCUT2D eigenvalue weighted by Crippen LogP contribution is 2.20. The number of likely N-dealkylation sites (tertiary alicyclic amines) is 1. The Morgan fingerprint density at radius 2 is 1.87 bits per heavy atom. The molecule has 164 valence electrons. The van der Waals surface area contributed by atoms with Crippen molar-refractivity contribution in [1.29, 1.82) is 0 Å². The molecule has 2 aromatic rings. The Kier molecular flexibility index (Phi) is 8.78. The first kappa shape index (κ1) is 22.4. The molecule has 1 aliphatic heterocycles. The lowest BCUT2D eigenvalue weighted by Crippen LogP contribution is -2.50. The summed E-state index contributed by atoms with van der Waals surface area (Å²) in [6, 6.07) is 15.4. The van der Waals surface area contributed by atoms with Crippen LogP contribution in [0.5, 0.6) is 0 Å². The third kappa shape index (κ3) is 6.34. The Bertz CT molecular complexity index is 734. The first-order chi connectivity index (χ1) is 14.7. The maximum atomic E-state index is 5.71. The van der Waals surface area contributed by atoms with E-state index in [0.29, 0.717) is 6.04 Å². The van der Waals surface area contributed by atoms with E-state index in [1.54, 1.807) is 6.26 Å². The molecule has 1 fully saturated rings. The number of nitrogens with zero attached hydrogens (tertiary/aromatic N) is 3. The number of guanidine groups is 1. The molecule has 0 saturated carbocycles. The number of benzene rings is 1. The van der Waals surface area contributed by atoms with Crippen molar-refractivity contribution in [2.45, 2.75) is 45.3 Å². The number of piperidine rings is 1. The largest absolute Gasteiger partial charge is 0.468 e. The highest BCUT2D eigenvalue weighted by molar-refractivity contribution is 5.80. The summed E-state index contributed by atoms with van der Waals surface area (Å²) in [6.07, 6.45) is 4.01. The molecule has 1 aliphatic rings. The van der Waals surface area contributed by atoms with Crippen molar-refractivity contribution in [3.05, 3.63) is 60.1 Å². The summed E-state index contributed by atoms with van der Waals surface area (Å²) in [5.41, 5.74) is 1.39. The van der Waals surface area contributed by atoms with Crippen LogP contribution in [0.25, 0.3) is 0 Å². The highest BCUT2D eigenvalue weighted by atomic mass is 16.3. The number of furan rings is 1. The molecule has 30 heavy (non-hydrogen) atoms. The summed E-state index contributed by atoms with van der Waals surface area (Å²) in [5, 5.41) is 7.16. The van der Waals surface area contributed by atoms with Crippen molar-refractivity contribution in [2.24, 2.45) is 4.99 Å². The van der Waals surface area contributed by atoms with Gasteiger partial charge in [-0.3, -0.25) is 14.8 Å². The number of aliphatic imine (C=N–C) groups is 1. The summed E-state index contributed by atoms with van der Waals surface area (Å²) >= 11 is 0. The fraction of sp³-hybridized carbons (Fsp3) is 0.542. The Hall–Kier alpha value is -2.31. The first-order valence-electron chi connectivity index (χ1n) is 11.2. The minimum Gasteiger partial charge on any atom is -0.468 e. The molecular weight excluding hydrogens is 374 g/mol. The minimum atomic E-state index is 0.196. The van der Waals surface area contributed by atoms with Gasteiger partial charge in [-0.25, -0.2) is 0 Å². The molecular formula is C24H37N5O. The number of hydrogen-bond acceptors (Lipinski definition) is 4. The first-order valence-corrected chi connectivity index (χ1v) is 11.2. The van der Waals surface area contributed by atoms with Crippen LogP contribution < -0.4 is 10.6 Å². The van der Waals surface area contributed by atoms with E-state index in [9.17, 15) is 0 Å². The zero-order valence-corrected chi connectivity index (χ0v) is 18.7. The van der Waals surface area contributed by atoms with Gasteiger partial charge in [0.1, 0.15) is 5.76 Å². The van der Waals surface area contributed by atoms with Gasteiger partial charge in [-0.1, -0.05) is 44.2 Å². The van der Waals surface area contributed by atoms with Gasteiger partial charge in [0, 0.05) is 39.3 Å². The van der Waals surface area contributed by atoms with Gasteiger partial charge in [0.05, 0.1) is 12.3 Å². The van der Waals surface area contributed by atoms with E-state index in [1.807, 2.05) is 13.1 Å². The summed E-state index contributed by atoms with van der Waals surface area (Å²) < 4.78 is 5.71. The zero-order valence-electron chi connectivity index (χ0n) is 18.7. The van der Waals surface area contributed by atoms with Crippen molar-refractivity contribution < 1.29 is 4.42 Å². The molecule has 1 saturated heterocycles. The molecule has 1 aromatic carbocycles. The Labute approximate surface area is 181 Å². The van der Waals surface area contributed by atoms with Crippen LogP contribution >= 0.6 is 0 Å². The standard InChI is InChI=1S/C24H37N5O/c1-4-29(5-2)22(23-12-9-17-30-23)18-26-24(25-3)27-21-13-15-28(16-14-21)19-20-10-7-6-8-11-20/h6-12,17,21-22H,4-5,13-16,18-19H2,1-3H3,(H2,25,26,27). The van der Waals surface area contributed by atoms with Crippen LogP contribution in [0.2, 0.25) is 0 Å². The van der Waals surface area contributed by atoms with Crippen LogP contribution in [0.1, 0.15) is 44.1 Å². The van der Waals surface area contributed by atoms with E-state index in [2.05, 4.69) is 75.7 Å². The van der Waals surface area contributed by atoms with E-state index in [0.717, 1.165) is 63.8 Å². The molecule has 0 spiro atoms. The van der Waals surface area contributed by atoms with Crippen molar-refractivity contribution in [1.82, 2.24) is 20.4 Å². The summed E-state index contributed by atoms with van der Waals surface area (Å²) in [7, 11) is 1.85. The third-order valence-electron chi connectivity index (χ3n) is 5.99. The van der Waals surface area contributed by atoms with Crippen LogP contribution in [0.4, 0.5) is 0 Å². The molecule has 3 rings (SSSR count). The molecule has 0 amide bonds. The summed E-state index contributed by atoms with van der Waals surface area (Å²) in [5.74, 6) is 1.87. The number of likely N-dealkylation sites (N-methyl/N-ethyl adjacent to an activating group) is 1. The van der Waals surface area contributed by atoms with Gasteiger partial charge in [-0.15, -0.1) is 0 Å². The minimum absolute atomic E-state index is 0.196. The zero-order chi connectivity index (χ0) is 21.2. The van der Waals surface area contributed by atoms with Gasteiger partial charge in [-0.2, -0.15) is 0 Å². The van der Waals surface area contributed by atoms with E-state index >= 15 is 0 Å². The van der Waals surface area contributed by atoms with E-state index < -0.39 is 0 Å². The second kappa shape index (κ2) is 11.8. The van der Waals surface area contributed by atoms with Gasteiger partial charge >= 0.3 is 0 Å². The number of nitrogens with one attached hydrogen (secondary N) is 2. The molecule has 6 heteroatoms. The molecule has 2 N–H and O–H groups in total. The second-order valence-corrected chi connectivity index (χ2v) is 7.89. The van der Waals surface area contributed by atoms with Gasteiger partial charge < -0.3 is 15.1 Å². The molecule has 0 radical (unpaired) electrons. The SMILES string of the molecule is CCN(CC)C(CNC(=NC)NC1CCN(Cc2ccccc2)CC1)c1ccco1. The molecule has 0 bridgehead atoms. The van der Waals surface area contributed by atoms with Gasteiger partial charge in [0.25, 0.3) is 0 Å². The van der Waals surface area contributed by atoms with Crippen LogP contribution in [0, 0.1) is 0 Å². The highest BCUT2D eigenvalue weighted by Gasteiger charge is 2.23. The van der Waals surface area contributed by atoms with E-state index in [-0.39, 0.29) is 6.04 Å². The number of hydrogen-bond donors (Lipinski definition) is 2. The predicted octanol–water partition coefficient (Wildman–Crippen LogP) is 3.49. The molecule has 2 heterocycles. The van der Waals surface area contributed by atoms with E-state index in [1.165, 1.54) is 5.56 Å². The molecule has 1 atom stereocenters. The average molecular weight is 412 g/mol. The Balaban J connectivity index is 1.47. The number of rotatable bonds is 9. The van der Waals surface area contributed by atoms with Gasteiger partial charge in [0.2, 0.25) is 0 Å². The molecule has 1 unspecified atom stereocenters. The van der Waals surface area contributed by atoms with Crippen LogP contribution in [-0.4, -0.2) is 61.6 Å². The van der Waals surface area contributed by atoms with Crippen molar-refractivity contribution in [3.8, 4) is 0 Å². The van der Waals surface area contributed by atoms with Crippen LogP contribution in [-0.2, 0) is 6.54 Å². The van der Waals surface area contributed by atoms with Gasteiger partial charge in [0.15, 0.2) is 5.96 Å². The fourth-order valence-electron chi connectivity index (χ4n) is 4.21. The fourth-order valence-corrected chi connectivity index (χ4v) is 4.21. The Morgan fingerprint density at radius 3 is 2.47 bits per heavy atom. The smallest absolute Gasteiger partial charge is 0.191 e. The van der Waals surface area contributed by atoms with Crippen LogP contribution in [0.3, 0.4) is 0 Å². The monoisotopic (exact) mass is 411 g/mol. The predicted molar refractivity (Wildman–Crippen MR) is 124 cm³/mol. The second-order valence-electron chi connectivity index (χ2n) is 7.89. The van der Waals surface area contributed by atoms with Crippen LogP contribution in [0.15, 0.2) is 58.1 Å². The topological polar surface area (TPSA) is 56.0 Å². The Morgan fingerprint density at radius 1 is 1.13 bits per heavy atom. The molecule has 0 aliphatic carbocycles. The van der Waals surface area contributed by atoms with Crippen molar-refractivity contribution in [2.75, 3.05) is 39.8 Å². The maximum Gasteiger partial charge on any atom is 0.191 e. The average Bonchev–Trinajstić information content (AvgIpc) is 3.32. The van der Waals surface area contributed by atoms with Crippen molar-refractivity contribution >= 4 is 5.96 Å². The molecule has 6 nitrogen and oxygen atoms in total. The third-order valence-corrected chi connectivity index (χ3v) is 5.99. The normalized spacial score (nSPS) is 17.3. The van der Waals surface area contributed by atoms with Gasteiger partial charge in [-0.05, 0) is 43.6 Å².